The number of carbonyl (C=O) groups is 2. The van der Waals surface area contributed by atoms with Crippen molar-refractivity contribution in [1.82, 2.24) is 10.4 Å². The van der Waals surface area contributed by atoms with E-state index in [1.165, 1.54) is 35.6 Å². The lowest BCUT2D eigenvalue weighted by Gasteiger charge is -2.15. The third kappa shape index (κ3) is 3.76. The van der Waals surface area contributed by atoms with Crippen LogP contribution < -0.4 is 5.43 Å². The molecule has 0 radical (unpaired) electrons. The Morgan fingerprint density at radius 2 is 2.00 bits per heavy atom. The van der Waals surface area contributed by atoms with Crippen LogP contribution in [0.15, 0.2) is 46.7 Å². The Balaban J connectivity index is 1.73. The van der Waals surface area contributed by atoms with Gasteiger partial charge in [-0.25, -0.2) is 0 Å². The minimum Gasteiger partial charge on any atom is -0.267 e. The number of hydrogen-bond donors (Lipinski definition) is 1. The molecule has 1 saturated heterocycles. The Morgan fingerprint density at radius 1 is 1.28 bits per heavy atom. The molecule has 1 aromatic carbocycles. The van der Waals surface area contributed by atoms with Crippen molar-refractivity contribution < 1.29 is 14.5 Å². The second kappa shape index (κ2) is 7.13. The summed E-state index contributed by atoms with van der Waals surface area (Å²) < 4.78 is 0.211. The van der Waals surface area contributed by atoms with E-state index in [1.807, 2.05) is 17.5 Å². The Morgan fingerprint density at radius 3 is 2.60 bits per heavy atom. The lowest BCUT2D eigenvalue weighted by atomic mass is 10.2. The topological polar surface area (TPSA) is 92.6 Å². The fourth-order valence-corrected chi connectivity index (χ4v) is 3.87. The minimum absolute atomic E-state index is 0.124. The summed E-state index contributed by atoms with van der Waals surface area (Å²) in [6, 6.07) is 8.80. The smallest absolute Gasteiger partial charge is 0.267 e. The third-order valence-corrected chi connectivity index (χ3v) is 5.29. The summed E-state index contributed by atoms with van der Waals surface area (Å²) in [6.45, 7) is 0. The second-order valence-corrected chi connectivity index (χ2v) is 7.43. The first-order valence-corrected chi connectivity index (χ1v) is 8.93. The Hall–Kier alpha value is -2.56. The van der Waals surface area contributed by atoms with Gasteiger partial charge in [0.2, 0.25) is 0 Å². The Labute approximate surface area is 155 Å². The number of thiocarbonyl (C=S) groups is 1. The van der Waals surface area contributed by atoms with Crippen LogP contribution in [-0.4, -0.2) is 26.1 Å². The lowest BCUT2D eigenvalue weighted by Crippen LogP contribution is -2.44. The van der Waals surface area contributed by atoms with E-state index in [0.29, 0.717) is 4.91 Å². The minimum atomic E-state index is -0.580. The van der Waals surface area contributed by atoms with Gasteiger partial charge >= 0.3 is 0 Å². The van der Waals surface area contributed by atoms with Crippen molar-refractivity contribution >= 4 is 63.2 Å². The first kappa shape index (κ1) is 17.3. The molecule has 1 aliphatic rings. The van der Waals surface area contributed by atoms with E-state index in [4.69, 9.17) is 12.2 Å². The van der Waals surface area contributed by atoms with E-state index in [9.17, 15) is 19.7 Å². The number of hydrazine groups is 1. The third-order valence-electron chi connectivity index (χ3n) is 3.16. The van der Waals surface area contributed by atoms with E-state index >= 15 is 0 Å². The fraction of sp³-hybridized carbons (Fsp3) is 0. The number of nitro benzene ring substituents is 1. The van der Waals surface area contributed by atoms with Gasteiger partial charge in [0, 0.05) is 22.6 Å². The van der Waals surface area contributed by atoms with Crippen molar-refractivity contribution in [3.8, 4) is 0 Å². The first-order chi connectivity index (χ1) is 12.0. The van der Waals surface area contributed by atoms with Gasteiger partial charge in [0.05, 0.1) is 9.83 Å². The monoisotopic (exact) mass is 391 g/mol. The number of thiophene rings is 1. The van der Waals surface area contributed by atoms with Gasteiger partial charge in [-0.2, -0.15) is 5.01 Å². The number of nitrogens with one attached hydrogen (secondary N) is 1. The standard InChI is InChI=1S/C15H9N3O4S3/c19-13(9-3-5-10(6-4-9)18(21)22)16-17-14(20)12(25-15(17)23)8-11-2-1-7-24-11/h1-8H,(H,16,19)/b12-8-. The van der Waals surface area contributed by atoms with Gasteiger partial charge < -0.3 is 0 Å². The van der Waals surface area contributed by atoms with Crippen LogP contribution in [-0.2, 0) is 4.79 Å². The zero-order chi connectivity index (χ0) is 18.0. The molecule has 2 aromatic rings. The number of amides is 2. The molecule has 7 nitrogen and oxygen atoms in total. The van der Waals surface area contributed by atoms with Crippen LogP contribution in [0.25, 0.3) is 6.08 Å². The van der Waals surface area contributed by atoms with Gasteiger partial charge in [-0.15, -0.1) is 11.3 Å². The fourth-order valence-electron chi connectivity index (χ4n) is 1.97. The summed E-state index contributed by atoms with van der Waals surface area (Å²) in [5, 5.41) is 13.5. The average molecular weight is 391 g/mol. The van der Waals surface area contributed by atoms with E-state index in [0.717, 1.165) is 21.6 Å². The van der Waals surface area contributed by atoms with Crippen LogP contribution in [0.3, 0.4) is 0 Å². The van der Waals surface area contributed by atoms with Crippen LogP contribution in [0.4, 0.5) is 5.69 Å². The highest BCUT2D eigenvalue weighted by molar-refractivity contribution is 8.26. The maximum absolute atomic E-state index is 12.4. The largest absolute Gasteiger partial charge is 0.285 e. The predicted molar refractivity (Wildman–Crippen MR) is 99.9 cm³/mol. The average Bonchev–Trinajstić information content (AvgIpc) is 3.19. The molecule has 0 aliphatic carbocycles. The van der Waals surface area contributed by atoms with Crippen molar-refractivity contribution in [3.63, 3.8) is 0 Å². The molecular weight excluding hydrogens is 382 g/mol. The van der Waals surface area contributed by atoms with Crippen LogP contribution in [0.5, 0.6) is 0 Å². The molecule has 0 unspecified atom stereocenters. The molecule has 0 bridgehead atoms. The predicted octanol–water partition coefficient (Wildman–Crippen LogP) is 3.20. The number of thioether (sulfide) groups is 1. The Bertz CT molecular complexity index is 891. The summed E-state index contributed by atoms with van der Waals surface area (Å²) in [5.74, 6) is -0.998. The van der Waals surface area contributed by atoms with Gasteiger partial charge in [0.15, 0.2) is 4.32 Å². The van der Waals surface area contributed by atoms with Crippen LogP contribution >= 0.6 is 35.3 Å². The molecular formula is C15H9N3O4S3. The molecule has 25 heavy (non-hydrogen) atoms. The molecule has 126 valence electrons. The molecule has 1 N–H and O–H groups in total. The molecule has 2 heterocycles. The van der Waals surface area contributed by atoms with E-state index in [2.05, 4.69) is 5.43 Å². The summed E-state index contributed by atoms with van der Waals surface area (Å²) in [4.78, 5) is 36.0. The molecule has 2 amide bonds. The molecule has 1 aromatic heterocycles. The number of hydrogen-bond acceptors (Lipinski definition) is 7. The number of nitro groups is 1. The highest BCUT2D eigenvalue weighted by Gasteiger charge is 2.33. The van der Waals surface area contributed by atoms with Gasteiger partial charge in [-0.05, 0) is 41.9 Å². The zero-order valence-electron chi connectivity index (χ0n) is 12.4. The van der Waals surface area contributed by atoms with Gasteiger partial charge in [-0.3, -0.25) is 25.1 Å². The summed E-state index contributed by atoms with van der Waals surface area (Å²) in [6.07, 6.45) is 1.71. The van der Waals surface area contributed by atoms with E-state index < -0.39 is 16.7 Å². The highest BCUT2D eigenvalue weighted by Crippen LogP contribution is 2.32. The van der Waals surface area contributed by atoms with Crippen molar-refractivity contribution in [3.05, 3.63) is 67.2 Å². The van der Waals surface area contributed by atoms with Crippen LogP contribution in [0, 0.1) is 10.1 Å². The SMILES string of the molecule is O=C(NN1C(=O)/C(=C/c2cccs2)SC1=S)c1ccc([N+](=O)[O-])cc1. The van der Waals surface area contributed by atoms with Gasteiger partial charge in [0.1, 0.15) is 0 Å². The summed E-state index contributed by atoms with van der Waals surface area (Å²) in [7, 11) is 0. The number of carbonyl (C=O) groups excluding carboxylic acids is 2. The molecule has 0 atom stereocenters. The maximum atomic E-state index is 12.4. The molecule has 0 saturated carbocycles. The van der Waals surface area contributed by atoms with Crippen LogP contribution in [0.2, 0.25) is 0 Å². The lowest BCUT2D eigenvalue weighted by molar-refractivity contribution is -0.384. The normalized spacial score (nSPS) is 15.7. The number of nitrogens with zero attached hydrogens (tertiary/aromatic N) is 2. The summed E-state index contributed by atoms with van der Waals surface area (Å²) >= 11 is 7.72. The number of rotatable bonds is 4. The highest BCUT2D eigenvalue weighted by atomic mass is 32.2. The van der Waals surface area contributed by atoms with E-state index in [1.54, 1.807) is 6.08 Å². The molecule has 0 spiro atoms. The molecule has 1 aliphatic heterocycles. The van der Waals surface area contributed by atoms with Crippen molar-refractivity contribution in [1.29, 1.82) is 0 Å². The number of benzene rings is 1. The van der Waals surface area contributed by atoms with Crippen molar-refractivity contribution in [2.75, 3.05) is 0 Å². The zero-order valence-corrected chi connectivity index (χ0v) is 14.8. The van der Waals surface area contributed by atoms with Gasteiger partial charge in [-0.1, -0.05) is 17.8 Å². The molecule has 10 heteroatoms. The van der Waals surface area contributed by atoms with Crippen molar-refractivity contribution in [2.24, 2.45) is 0 Å². The van der Waals surface area contributed by atoms with Gasteiger partial charge in [0.25, 0.3) is 17.5 Å². The van der Waals surface area contributed by atoms with E-state index in [-0.39, 0.29) is 15.6 Å². The number of non-ortho nitro benzene ring substituents is 1. The van der Waals surface area contributed by atoms with Crippen LogP contribution in [0.1, 0.15) is 15.2 Å². The summed E-state index contributed by atoms with van der Waals surface area (Å²) in [5.41, 5.74) is 2.49. The quantitative estimate of drug-likeness (QED) is 0.372. The van der Waals surface area contributed by atoms with Crippen molar-refractivity contribution in [2.45, 2.75) is 0 Å². The second-order valence-electron chi connectivity index (χ2n) is 4.78. The molecule has 1 fully saturated rings. The maximum Gasteiger partial charge on any atom is 0.285 e. The first-order valence-electron chi connectivity index (χ1n) is 6.82. The Kier molecular flexibility index (Phi) is 4.93. The molecule has 3 rings (SSSR count).